The van der Waals surface area contributed by atoms with Gasteiger partial charge in [-0.25, -0.2) is 24.1 Å². The van der Waals surface area contributed by atoms with Gasteiger partial charge < -0.3 is 35.5 Å². The molecule has 2 bridgehead atoms. The number of halogens is 1. The average Bonchev–Trinajstić information content (AvgIpc) is 3.92. The first-order valence-corrected chi connectivity index (χ1v) is 18.2. The van der Waals surface area contributed by atoms with Crippen LogP contribution >= 0.6 is 0 Å². The van der Waals surface area contributed by atoms with Gasteiger partial charge in [0.25, 0.3) is 5.91 Å². The predicted octanol–water partition coefficient (Wildman–Crippen LogP) is 2.12. The highest BCUT2D eigenvalue weighted by molar-refractivity contribution is 5.95. The first-order chi connectivity index (χ1) is 26.4. The van der Waals surface area contributed by atoms with E-state index in [1.807, 2.05) is 13.8 Å². The molecule has 5 N–H and O–H groups in total. The Balaban J connectivity index is 1.32. The lowest BCUT2D eigenvalue weighted by molar-refractivity contribution is -0.159. The summed E-state index contributed by atoms with van der Waals surface area (Å²) in [6, 6.07) is -0.935. The third-order valence-corrected chi connectivity index (χ3v) is 9.10. The Bertz CT molecular complexity index is 1890. The van der Waals surface area contributed by atoms with Gasteiger partial charge in [0.1, 0.15) is 30.3 Å². The molecule has 5 rings (SSSR count). The van der Waals surface area contributed by atoms with Gasteiger partial charge >= 0.3 is 5.97 Å². The lowest BCUT2D eigenvalue weighted by Gasteiger charge is -2.30. The normalized spacial score (nSPS) is 23.8. The minimum Gasteiger partial charge on any atom is -0.460 e. The van der Waals surface area contributed by atoms with Crippen LogP contribution in [0.5, 0.6) is 0 Å². The van der Waals surface area contributed by atoms with Crippen LogP contribution < -0.4 is 16.4 Å². The fourth-order valence-corrected chi connectivity index (χ4v) is 6.37. The molecule has 3 aromatic rings. The SMILES string of the molecule is CC1=C[C@@H](O)C[C@@H](F)Cc2nc(co2)C(=O)N2CCC[C@@H]2C(=O)O[C@H](C(C)C)[C@H](CC(=O)NCCn2cc(-c3cnc(N)nc3)nn2)/C=C/C(=O)NCC=C1. The largest absolute Gasteiger partial charge is 0.460 e. The van der Waals surface area contributed by atoms with E-state index in [-0.39, 0.29) is 68.3 Å². The number of hydrogen-bond donors (Lipinski definition) is 4. The number of oxazole rings is 1. The lowest BCUT2D eigenvalue weighted by atomic mass is 9.89. The van der Waals surface area contributed by atoms with E-state index < -0.39 is 48.1 Å². The minimum atomic E-state index is -1.51. The Morgan fingerprint density at radius 2 is 1.96 bits per heavy atom. The van der Waals surface area contributed by atoms with Crippen LogP contribution in [0.2, 0.25) is 0 Å². The van der Waals surface area contributed by atoms with Gasteiger partial charge in [0.05, 0.1) is 25.3 Å². The van der Waals surface area contributed by atoms with Gasteiger partial charge in [0.2, 0.25) is 17.8 Å². The van der Waals surface area contributed by atoms with Crippen molar-refractivity contribution in [1.29, 1.82) is 0 Å². The van der Waals surface area contributed by atoms with Crippen LogP contribution in [0.15, 0.2) is 65.2 Å². The van der Waals surface area contributed by atoms with Gasteiger partial charge in [0.15, 0.2) is 11.6 Å². The number of aromatic nitrogens is 6. The molecule has 0 unspecified atom stereocenters. The van der Waals surface area contributed by atoms with Crippen LogP contribution in [-0.2, 0) is 32.1 Å². The third kappa shape index (κ3) is 11.6. The second-order valence-electron chi connectivity index (χ2n) is 13.9. The fourth-order valence-electron chi connectivity index (χ4n) is 6.37. The number of nitrogens with one attached hydrogen (secondary N) is 2. The number of aliphatic hydroxyl groups excluding tert-OH is 1. The highest BCUT2D eigenvalue weighted by atomic mass is 19.1. The summed E-state index contributed by atoms with van der Waals surface area (Å²) >= 11 is 0. The smallest absolute Gasteiger partial charge is 0.329 e. The van der Waals surface area contributed by atoms with Crippen molar-refractivity contribution in [3.63, 3.8) is 0 Å². The number of allylic oxidation sites excluding steroid dienone is 2. The van der Waals surface area contributed by atoms with Crippen molar-refractivity contribution in [2.24, 2.45) is 11.8 Å². The number of anilines is 1. The summed E-state index contributed by atoms with van der Waals surface area (Å²) in [6.07, 6.45) is 10.4. The number of alkyl halides is 1. The third-order valence-electron chi connectivity index (χ3n) is 9.10. The fraction of sp³-hybridized carbons (Fsp3) is 0.486. The van der Waals surface area contributed by atoms with Crippen LogP contribution in [0.4, 0.5) is 10.3 Å². The highest BCUT2D eigenvalue weighted by Crippen LogP contribution is 2.27. The lowest BCUT2D eigenvalue weighted by Crippen LogP contribution is -2.44. The van der Waals surface area contributed by atoms with Crippen LogP contribution in [0.25, 0.3) is 11.3 Å². The van der Waals surface area contributed by atoms with Gasteiger partial charge in [-0.2, -0.15) is 0 Å². The van der Waals surface area contributed by atoms with Gasteiger partial charge in [0, 0.05) is 56.4 Å². The molecule has 0 aliphatic carbocycles. The van der Waals surface area contributed by atoms with E-state index in [4.69, 9.17) is 14.9 Å². The number of carbonyl (C=O) groups excluding carboxylic acids is 4. The van der Waals surface area contributed by atoms with Crippen LogP contribution in [-0.4, -0.2) is 108 Å². The van der Waals surface area contributed by atoms with Gasteiger partial charge in [-0.15, -0.1) is 5.10 Å². The zero-order valence-corrected chi connectivity index (χ0v) is 31.0. The number of fused-ring (bicyclic) bond motifs is 3. The monoisotopic (exact) mass is 762 g/mol. The molecule has 3 aromatic heterocycles. The molecular weight excluding hydrogens is 715 g/mol. The summed E-state index contributed by atoms with van der Waals surface area (Å²) in [5, 5.41) is 24.2. The van der Waals surface area contributed by atoms with E-state index in [0.717, 1.165) is 6.26 Å². The maximum atomic E-state index is 14.8. The summed E-state index contributed by atoms with van der Waals surface area (Å²) in [6.45, 7) is 6.32. The standard InChI is InChI=1S/C37H47FN10O7/c1-22(2)34-24(15-32(51)41-11-13-47-20-28(45-46-47)25-18-42-37(39)43-19-25)8-9-31(50)40-10-4-6-23(3)14-27(49)16-26(38)17-33-44-29(21-54-33)35(52)48-12-5-7-30(48)36(53)55-34/h4,6,8-9,14,18-22,24,26-27,30,34,49H,5,7,10-13,15-17H2,1-3H3,(H,40,50)(H,41,51)(H2,39,42,43)/b6-4?,9-8+,23-14?/t24-,26+,27+,30+,34+/m0/s1. The molecule has 18 heteroatoms. The summed E-state index contributed by atoms with van der Waals surface area (Å²) in [5.74, 6) is -2.92. The molecule has 0 radical (unpaired) electrons. The summed E-state index contributed by atoms with van der Waals surface area (Å²) in [4.78, 5) is 66.9. The second-order valence-corrected chi connectivity index (χ2v) is 13.9. The molecule has 2 aliphatic heterocycles. The number of nitrogen functional groups attached to an aromatic ring is 1. The molecule has 1 fully saturated rings. The maximum Gasteiger partial charge on any atom is 0.329 e. The average molecular weight is 763 g/mol. The van der Waals surface area contributed by atoms with Gasteiger partial charge in [-0.3, -0.25) is 19.1 Å². The van der Waals surface area contributed by atoms with Crippen molar-refractivity contribution in [2.45, 2.75) is 83.8 Å². The molecule has 0 aromatic carbocycles. The maximum absolute atomic E-state index is 14.8. The number of amides is 3. The summed E-state index contributed by atoms with van der Waals surface area (Å²) in [5.41, 5.74) is 7.30. The number of rotatable bonds is 7. The first-order valence-electron chi connectivity index (χ1n) is 18.2. The summed E-state index contributed by atoms with van der Waals surface area (Å²) in [7, 11) is 0. The first kappa shape index (κ1) is 40.4. The Labute approximate surface area is 317 Å². The van der Waals surface area contributed by atoms with Crippen molar-refractivity contribution in [1.82, 2.24) is 45.5 Å². The minimum absolute atomic E-state index is 0.0109. The topological polar surface area (TPSA) is 234 Å². The molecule has 0 spiro atoms. The van der Waals surface area contributed by atoms with Crippen molar-refractivity contribution >= 4 is 29.6 Å². The number of carbonyl (C=O) groups is 4. The van der Waals surface area contributed by atoms with Crippen LogP contribution in [0, 0.1) is 11.8 Å². The Hall–Kier alpha value is -5.78. The highest BCUT2D eigenvalue weighted by Gasteiger charge is 2.39. The molecule has 294 valence electrons. The van der Waals surface area contributed by atoms with E-state index in [2.05, 4.69) is 35.9 Å². The number of esters is 1. The number of nitrogens with zero attached hydrogens (tertiary/aromatic N) is 7. The predicted molar refractivity (Wildman–Crippen MR) is 196 cm³/mol. The zero-order valence-electron chi connectivity index (χ0n) is 31.0. The van der Waals surface area contributed by atoms with E-state index in [0.29, 0.717) is 36.2 Å². The molecule has 1 saturated heterocycles. The molecule has 0 saturated carbocycles. The molecule has 17 nitrogen and oxygen atoms in total. The quantitative estimate of drug-likeness (QED) is 0.253. The Kier molecular flexibility index (Phi) is 14.0. The Morgan fingerprint density at radius 3 is 2.73 bits per heavy atom. The molecule has 2 aliphatic rings. The molecule has 5 atom stereocenters. The zero-order chi connectivity index (χ0) is 39.5. The van der Waals surface area contributed by atoms with Gasteiger partial charge in [-0.05, 0) is 31.8 Å². The summed E-state index contributed by atoms with van der Waals surface area (Å²) < 4.78 is 27.9. The van der Waals surface area contributed by atoms with Crippen molar-refractivity contribution in [3.05, 3.63) is 72.4 Å². The second kappa shape index (κ2) is 19.0. The van der Waals surface area contributed by atoms with Gasteiger partial charge in [-0.1, -0.05) is 48.9 Å². The van der Waals surface area contributed by atoms with Crippen molar-refractivity contribution in [3.8, 4) is 11.3 Å². The van der Waals surface area contributed by atoms with E-state index >= 15 is 0 Å². The van der Waals surface area contributed by atoms with E-state index in [1.165, 1.54) is 29.4 Å². The van der Waals surface area contributed by atoms with Crippen LogP contribution in [0.3, 0.4) is 0 Å². The number of ether oxygens (including phenoxy) is 1. The molecule has 5 heterocycles. The molecule has 3 amide bonds. The molecular formula is C37H47FN10O7. The van der Waals surface area contributed by atoms with Crippen molar-refractivity contribution < 1.29 is 37.8 Å². The number of cyclic esters (lactones) is 1. The van der Waals surface area contributed by atoms with Crippen LogP contribution in [0.1, 0.15) is 62.8 Å². The number of hydrogen-bond acceptors (Lipinski definition) is 13. The van der Waals surface area contributed by atoms with Crippen molar-refractivity contribution in [2.75, 3.05) is 25.4 Å². The van der Waals surface area contributed by atoms with E-state index in [9.17, 15) is 28.7 Å². The number of aliphatic hydroxyl groups is 1. The Morgan fingerprint density at radius 1 is 1.18 bits per heavy atom. The van der Waals surface area contributed by atoms with E-state index in [1.54, 1.807) is 36.0 Å². The number of nitrogens with two attached hydrogens (primary N) is 1. The molecule has 55 heavy (non-hydrogen) atoms.